The lowest BCUT2D eigenvalue weighted by atomic mass is 9.89. The molecule has 1 aromatic carbocycles. The van der Waals surface area contributed by atoms with Gasteiger partial charge < -0.3 is 4.74 Å². The van der Waals surface area contributed by atoms with E-state index in [1.807, 2.05) is 24.3 Å². The second kappa shape index (κ2) is 7.98. The first kappa shape index (κ1) is 19.0. The van der Waals surface area contributed by atoms with Gasteiger partial charge in [-0.1, -0.05) is 30.8 Å². The maximum absolute atomic E-state index is 13.7. The summed E-state index contributed by atoms with van der Waals surface area (Å²) in [5.41, 5.74) is 1.82. The molecule has 1 aliphatic rings. The van der Waals surface area contributed by atoms with Gasteiger partial charge in [0, 0.05) is 17.1 Å². The molecule has 2 heterocycles. The van der Waals surface area contributed by atoms with Crippen molar-refractivity contribution in [2.45, 2.75) is 37.8 Å². The van der Waals surface area contributed by atoms with Crippen LogP contribution in [-0.4, -0.2) is 22.4 Å². The van der Waals surface area contributed by atoms with Crippen LogP contribution in [0.3, 0.4) is 0 Å². The second-order valence-electron chi connectivity index (χ2n) is 7.00. The first-order chi connectivity index (χ1) is 13.6. The number of fused-ring (bicyclic) bond motifs is 3. The number of aromatic nitrogens is 2. The van der Waals surface area contributed by atoms with Crippen LogP contribution in [-0.2, 0) is 12.8 Å². The number of benzene rings is 1. The molecule has 0 saturated heterocycles. The van der Waals surface area contributed by atoms with E-state index in [1.165, 1.54) is 22.2 Å². The van der Waals surface area contributed by atoms with Gasteiger partial charge in [-0.15, -0.1) is 11.3 Å². The van der Waals surface area contributed by atoms with Crippen molar-refractivity contribution in [2.24, 2.45) is 5.92 Å². The number of methoxy groups -OCH3 is 1. The maximum atomic E-state index is 13.7. The number of hydrogen-bond acceptors (Lipinski definition) is 6. The summed E-state index contributed by atoms with van der Waals surface area (Å²) in [6.45, 7) is 2.26. The van der Waals surface area contributed by atoms with Gasteiger partial charge in [-0.05, 0) is 42.9 Å². The van der Waals surface area contributed by atoms with Crippen LogP contribution in [0, 0.1) is 17.2 Å². The third-order valence-electron chi connectivity index (χ3n) is 5.07. The highest BCUT2D eigenvalue weighted by Crippen LogP contribution is 2.37. The molecule has 28 heavy (non-hydrogen) atoms. The van der Waals surface area contributed by atoms with Gasteiger partial charge in [0.05, 0.1) is 24.3 Å². The molecule has 0 aliphatic heterocycles. The highest BCUT2D eigenvalue weighted by molar-refractivity contribution is 7.99. The molecule has 5 nitrogen and oxygen atoms in total. The molecule has 0 bridgehead atoms. The zero-order valence-electron chi connectivity index (χ0n) is 15.9. The van der Waals surface area contributed by atoms with Crippen molar-refractivity contribution in [2.75, 3.05) is 12.9 Å². The molecule has 0 radical (unpaired) electrons. The van der Waals surface area contributed by atoms with Crippen LogP contribution in [0.1, 0.15) is 30.2 Å². The number of ether oxygens (including phenoxy) is 1. The van der Waals surface area contributed by atoms with Crippen molar-refractivity contribution < 1.29 is 4.74 Å². The summed E-state index contributed by atoms with van der Waals surface area (Å²) in [6.07, 6.45) is 3.45. The normalized spacial score (nSPS) is 16.0. The minimum atomic E-state index is -0.0407. The first-order valence-electron chi connectivity index (χ1n) is 9.34. The van der Waals surface area contributed by atoms with Crippen LogP contribution in [0.2, 0.25) is 0 Å². The van der Waals surface area contributed by atoms with E-state index in [2.05, 4.69) is 13.0 Å². The van der Waals surface area contributed by atoms with Crippen LogP contribution in [0.5, 0.6) is 5.75 Å². The fourth-order valence-corrected chi connectivity index (χ4v) is 5.96. The van der Waals surface area contributed by atoms with E-state index >= 15 is 0 Å². The van der Waals surface area contributed by atoms with Gasteiger partial charge in [-0.3, -0.25) is 9.36 Å². The Balaban J connectivity index is 1.97. The van der Waals surface area contributed by atoms with Gasteiger partial charge in [0.1, 0.15) is 10.6 Å². The van der Waals surface area contributed by atoms with Gasteiger partial charge in [0.15, 0.2) is 5.16 Å². The van der Waals surface area contributed by atoms with Crippen molar-refractivity contribution in [1.82, 2.24) is 9.55 Å². The molecule has 0 saturated carbocycles. The van der Waals surface area contributed by atoms with Gasteiger partial charge in [0.25, 0.3) is 5.56 Å². The predicted octanol–water partition coefficient (Wildman–Crippen LogP) is 4.59. The van der Waals surface area contributed by atoms with Crippen LogP contribution >= 0.6 is 23.1 Å². The minimum Gasteiger partial charge on any atom is -0.495 e. The fraction of sp³-hybridized carbons (Fsp3) is 0.381. The number of para-hydroxylation sites is 2. The molecule has 7 heteroatoms. The Labute approximate surface area is 172 Å². The monoisotopic (exact) mass is 411 g/mol. The quantitative estimate of drug-likeness (QED) is 0.349. The molecule has 0 spiro atoms. The SMILES string of the molecule is COc1ccccc1-n1c(SCCC#N)nc2sc3c(c2c1=O)CC[C@@H](C)C3. The summed E-state index contributed by atoms with van der Waals surface area (Å²) < 4.78 is 7.17. The van der Waals surface area contributed by atoms with Crippen LogP contribution < -0.4 is 10.3 Å². The lowest BCUT2D eigenvalue weighted by Crippen LogP contribution is -2.23. The Morgan fingerprint density at radius 3 is 3.04 bits per heavy atom. The average molecular weight is 412 g/mol. The third-order valence-corrected chi connectivity index (χ3v) is 7.16. The standard InChI is InChI=1S/C21H21N3O2S2/c1-13-8-9-14-17(12-13)28-19-18(14)20(25)24(21(23-19)27-11-5-10-22)15-6-3-4-7-16(15)26-2/h3-4,6-7,13H,5,8-9,11-12H2,1-2H3/t13-/m1/s1. The number of rotatable bonds is 5. The summed E-state index contributed by atoms with van der Waals surface area (Å²) >= 11 is 3.09. The molecule has 144 valence electrons. The summed E-state index contributed by atoms with van der Waals surface area (Å²) in [4.78, 5) is 20.6. The van der Waals surface area contributed by atoms with E-state index in [9.17, 15) is 4.79 Å². The molecular weight excluding hydrogens is 390 g/mol. The lowest BCUT2D eigenvalue weighted by molar-refractivity contribution is 0.411. The molecular formula is C21H21N3O2S2. The number of nitriles is 1. The minimum absolute atomic E-state index is 0.0407. The zero-order valence-corrected chi connectivity index (χ0v) is 17.5. The van der Waals surface area contributed by atoms with Gasteiger partial charge >= 0.3 is 0 Å². The van der Waals surface area contributed by atoms with E-state index in [0.717, 1.165) is 29.5 Å². The fourth-order valence-electron chi connectivity index (χ4n) is 3.68. The summed E-state index contributed by atoms with van der Waals surface area (Å²) in [5.74, 6) is 1.86. The Bertz CT molecular complexity index is 1130. The topological polar surface area (TPSA) is 67.9 Å². The Morgan fingerprint density at radius 1 is 1.43 bits per heavy atom. The summed E-state index contributed by atoms with van der Waals surface area (Å²) in [5, 5.41) is 10.3. The number of nitrogens with zero attached hydrogens (tertiary/aromatic N) is 3. The molecule has 0 fully saturated rings. The summed E-state index contributed by atoms with van der Waals surface area (Å²) in [6, 6.07) is 9.66. The summed E-state index contributed by atoms with van der Waals surface area (Å²) in [7, 11) is 1.60. The molecule has 1 aliphatic carbocycles. The van der Waals surface area contributed by atoms with Crippen molar-refractivity contribution in [3.05, 3.63) is 45.1 Å². The maximum Gasteiger partial charge on any atom is 0.267 e. The predicted molar refractivity (Wildman–Crippen MR) is 114 cm³/mol. The molecule has 1 atom stereocenters. The van der Waals surface area contributed by atoms with Gasteiger partial charge in [0.2, 0.25) is 0 Å². The lowest BCUT2D eigenvalue weighted by Gasteiger charge is -2.18. The molecule has 0 unspecified atom stereocenters. The van der Waals surface area contributed by atoms with E-state index in [1.54, 1.807) is 23.0 Å². The van der Waals surface area contributed by atoms with E-state index < -0.39 is 0 Å². The zero-order chi connectivity index (χ0) is 19.7. The average Bonchev–Trinajstić information content (AvgIpc) is 3.06. The number of thiophene rings is 1. The van der Waals surface area contributed by atoms with E-state index in [-0.39, 0.29) is 5.56 Å². The van der Waals surface area contributed by atoms with Crippen molar-refractivity contribution in [3.8, 4) is 17.5 Å². The first-order valence-corrected chi connectivity index (χ1v) is 11.1. The van der Waals surface area contributed by atoms with Crippen molar-refractivity contribution in [1.29, 1.82) is 5.26 Å². The van der Waals surface area contributed by atoms with Gasteiger partial charge in [-0.25, -0.2) is 4.98 Å². The van der Waals surface area contributed by atoms with Crippen molar-refractivity contribution >= 4 is 33.3 Å². The van der Waals surface area contributed by atoms with Crippen LogP contribution in [0.25, 0.3) is 15.9 Å². The number of hydrogen-bond donors (Lipinski definition) is 0. The Kier molecular flexibility index (Phi) is 5.42. The largest absolute Gasteiger partial charge is 0.495 e. The number of aryl methyl sites for hydroxylation is 1. The molecule has 0 amide bonds. The second-order valence-corrected chi connectivity index (χ2v) is 9.14. The highest BCUT2D eigenvalue weighted by atomic mass is 32.2. The van der Waals surface area contributed by atoms with Crippen molar-refractivity contribution in [3.63, 3.8) is 0 Å². The van der Waals surface area contributed by atoms with Gasteiger partial charge in [-0.2, -0.15) is 5.26 Å². The molecule has 3 aromatic rings. The smallest absolute Gasteiger partial charge is 0.267 e. The van der Waals surface area contributed by atoms with E-state index in [4.69, 9.17) is 15.0 Å². The molecule has 2 aromatic heterocycles. The Morgan fingerprint density at radius 2 is 2.25 bits per heavy atom. The molecule has 4 rings (SSSR count). The Hall–Kier alpha value is -2.30. The van der Waals surface area contributed by atoms with E-state index in [0.29, 0.717) is 34.7 Å². The van der Waals surface area contributed by atoms with Crippen LogP contribution in [0.4, 0.5) is 0 Å². The van der Waals surface area contributed by atoms with Crippen LogP contribution in [0.15, 0.2) is 34.2 Å². The highest BCUT2D eigenvalue weighted by Gasteiger charge is 2.25. The number of thioether (sulfide) groups is 1. The molecule has 0 N–H and O–H groups in total. The third kappa shape index (κ3) is 3.31.